The summed E-state index contributed by atoms with van der Waals surface area (Å²) in [7, 11) is 0. The molecule has 0 aliphatic carbocycles. The number of nitrogens with two attached hydrogens (primary N) is 1. The highest BCUT2D eigenvalue weighted by atomic mass is 16.5. The number of nitrogens with zero attached hydrogens (tertiary/aromatic N) is 1. The molecule has 1 saturated heterocycles. The van der Waals surface area contributed by atoms with Crippen LogP contribution in [0, 0.1) is 5.92 Å². The number of benzene rings is 1. The van der Waals surface area contributed by atoms with Crippen LogP contribution in [-0.4, -0.2) is 36.7 Å². The number of ether oxygens (including phenoxy) is 1. The van der Waals surface area contributed by atoms with Crippen LogP contribution in [0.5, 0.6) is 5.75 Å². The summed E-state index contributed by atoms with van der Waals surface area (Å²) in [6.07, 6.45) is 3.61. The summed E-state index contributed by atoms with van der Waals surface area (Å²) in [4.78, 5) is 2.59. The summed E-state index contributed by atoms with van der Waals surface area (Å²) in [5, 5.41) is 0. The zero-order valence-corrected chi connectivity index (χ0v) is 13.8. The zero-order chi connectivity index (χ0) is 15.3. The lowest BCUT2D eigenvalue weighted by molar-refractivity contribution is 0.0641. The van der Waals surface area contributed by atoms with Crippen LogP contribution >= 0.6 is 0 Å². The molecule has 1 aromatic rings. The van der Waals surface area contributed by atoms with Crippen LogP contribution in [0.3, 0.4) is 0 Å². The summed E-state index contributed by atoms with van der Waals surface area (Å²) in [6, 6.07) is 8.44. The SMILES string of the molecule is CCOc1cccc(CC(C)(CN)N2CCCC(C)C2)c1. The van der Waals surface area contributed by atoms with Crippen molar-refractivity contribution in [3.63, 3.8) is 0 Å². The standard InChI is InChI=1S/C18H30N2O/c1-4-21-17-9-5-8-16(11-17)12-18(3,14-19)20-10-6-7-15(2)13-20/h5,8-9,11,15H,4,6-7,10,12-14,19H2,1-3H3. The molecular formula is C18H30N2O. The molecule has 3 heteroatoms. The second-order valence-corrected chi connectivity index (χ2v) is 6.65. The van der Waals surface area contributed by atoms with Gasteiger partial charge in [0, 0.05) is 18.6 Å². The summed E-state index contributed by atoms with van der Waals surface area (Å²) >= 11 is 0. The van der Waals surface area contributed by atoms with Crippen molar-refractivity contribution in [1.82, 2.24) is 4.90 Å². The smallest absolute Gasteiger partial charge is 0.119 e. The highest BCUT2D eigenvalue weighted by molar-refractivity contribution is 5.30. The van der Waals surface area contributed by atoms with Crippen LogP contribution in [0.15, 0.2) is 24.3 Å². The van der Waals surface area contributed by atoms with Gasteiger partial charge in [-0.2, -0.15) is 0 Å². The third-order valence-electron chi connectivity index (χ3n) is 4.65. The predicted octanol–water partition coefficient (Wildman–Crippen LogP) is 3.08. The van der Waals surface area contributed by atoms with E-state index in [2.05, 4.69) is 36.9 Å². The lowest BCUT2D eigenvalue weighted by Crippen LogP contribution is -2.56. The molecular weight excluding hydrogens is 260 g/mol. The van der Waals surface area contributed by atoms with Crippen molar-refractivity contribution in [2.45, 2.75) is 45.6 Å². The Kier molecular flexibility index (Phi) is 5.65. The van der Waals surface area contributed by atoms with Gasteiger partial charge in [-0.25, -0.2) is 0 Å². The largest absolute Gasteiger partial charge is 0.494 e. The van der Waals surface area contributed by atoms with Crippen LogP contribution in [0.1, 0.15) is 39.2 Å². The fourth-order valence-corrected chi connectivity index (χ4v) is 3.34. The first-order chi connectivity index (χ1) is 10.1. The molecule has 0 amide bonds. The maximum Gasteiger partial charge on any atom is 0.119 e. The Hall–Kier alpha value is -1.06. The lowest BCUT2D eigenvalue weighted by atomic mass is 9.87. The first-order valence-corrected chi connectivity index (χ1v) is 8.24. The van der Waals surface area contributed by atoms with Crippen molar-refractivity contribution in [3.8, 4) is 5.75 Å². The number of hydrogen-bond acceptors (Lipinski definition) is 3. The quantitative estimate of drug-likeness (QED) is 0.875. The Bertz CT molecular complexity index is 449. The number of hydrogen-bond donors (Lipinski definition) is 1. The minimum Gasteiger partial charge on any atom is -0.494 e. The molecule has 0 spiro atoms. The van der Waals surface area contributed by atoms with Crippen molar-refractivity contribution in [2.75, 3.05) is 26.2 Å². The topological polar surface area (TPSA) is 38.5 Å². The monoisotopic (exact) mass is 290 g/mol. The maximum absolute atomic E-state index is 6.15. The van der Waals surface area contributed by atoms with E-state index in [4.69, 9.17) is 10.5 Å². The molecule has 3 nitrogen and oxygen atoms in total. The maximum atomic E-state index is 6.15. The first-order valence-electron chi connectivity index (χ1n) is 8.24. The van der Waals surface area contributed by atoms with Gasteiger partial charge in [0.15, 0.2) is 0 Å². The van der Waals surface area contributed by atoms with Gasteiger partial charge in [0.1, 0.15) is 5.75 Å². The molecule has 2 unspecified atom stereocenters. The van der Waals surface area contributed by atoms with Crippen LogP contribution in [0.25, 0.3) is 0 Å². The van der Waals surface area contributed by atoms with Crippen molar-refractivity contribution >= 4 is 0 Å². The molecule has 0 radical (unpaired) electrons. The summed E-state index contributed by atoms with van der Waals surface area (Å²) in [5.41, 5.74) is 7.51. The third kappa shape index (κ3) is 4.21. The van der Waals surface area contributed by atoms with Gasteiger partial charge in [0.05, 0.1) is 6.61 Å². The number of rotatable bonds is 6. The van der Waals surface area contributed by atoms with Gasteiger partial charge in [-0.05, 0) is 63.3 Å². The Morgan fingerprint density at radius 3 is 2.90 bits per heavy atom. The van der Waals surface area contributed by atoms with Gasteiger partial charge in [0.2, 0.25) is 0 Å². The van der Waals surface area contributed by atoms with E-state index in [0.717, 1.165) is 18.1 Å². The van der Waals surface area contributed by atoms with Crippen molar-refractivity contribution in [3.05, 3.63) is 29.8 Å². The minimum absolute atomic E-state index is 0.0412. The third-order valence-corrected chi connectivity index (χ3v) is 4.65. The fourth-order valence-electron chi connectivity index (χ4n) is 3.34. The summed E-state index contributed by atoms with van der Waals surface area (Å²) in [5.74, 6) is 1.74. The molecule has 1 fully saturated rings. The van der Waals surface area contributed by atoms with Crippen LogP contribution in [-0.2, 0) is 6.42 Å². The Morgan fingerprint density at radius 1 is 1.43 bits per heavy atom. The normalized spacial score (nSPS) is 22.8. The van der Waals surface area contributed by atoms with E-state index >= 15 is 0 Å². The van der Waals surface area contributed by atoms with Crippen molar-refractivity contribution in [2.24, 2.45) is 11.7 Å². The van der Waals surface area contributed by atoms with Crippen molar-refractivity contribution in [1.29, 1.82) is 0 Å². The van der Waals surface area contributed by atoms with E-state index in [-0.39, 0.29) is 5.54 Å². The van der Waals surface area contributed by atoms with Crippen LogP contribution in [0.2, 0.25) is 0 Å². The van der Waals surface area contributed by atoms with Gasteiger partial charge in [-0.1, -0.05) is 19.1 Å². The Labute approximate surface area is 129 Å². The molecule has 2 N–H and O–H groups in total. The van der Waals surface area contributed by atoms with Gasteiger partial charge in [-0.3, -0.25) is 4.90 Å². The molecule has 21 heavy (non-hydrogen) atoms. The molecule has 1 aliphatic heterocycles. The van der Waals surface area contributed by atoms with E-state index in [1.54, 1.807) is 0 Å². The molecule has 2 rings (SSSR count). The van der Waals surface area contributed by atoms with E-state index in [0.29, 0.717) is 13.2 Å². The summed E-state index contributed by atoms with van der Waals surface area (Å²) in [6.45, 7) is 10.4. The second kappa shape index (κ2) is 7.28. The molecule has 0 saturated carbocycles. The number of piperidine rings is 1. The van der Waals surface area contributed by atoms with E-state index in [1.165, 1.54) is 31.5 Å². The van der Waals surface area contributed by atoms with Crippen LogP contribution < -0.4 is 10.5 Å². The minimum atomic E-state index is 0.0412. The molecule has 1 heterocycles. The average molecular weight is 290 g/mol. The molecule has 0 bridgehead atoms. The fraction of sp³-hybridized carbons (Fsp3) is 0.667. The molecule has 1 aromatic carbocycles. The first kappa shape index (κ1) is 16.3. The highest BCUT2D eigenvalue weighted by Gasteiger charge is 2.33. The average Bonchev–Trinajstić information content (AvgIpc) is 2.48. The number of likely N-dealkylation sites (tertiary alicyclic amines) is 1. The van der Waals surface area contributed by atoms with Gasteiger partial charge >= 0.3 is 0 Å². The van der Waals surface area contributed by atoms with Crippen LogP contribution in [0.4, 0.5) is 0 Å². The molecule has 118 valence electrons. The van der Waals surface area contributed by atoms with Gasteiger partial charge < -0.3 is 10.5 Å². The van der Waals surface area contributed by atoms with E-state index < -0.39 is 0 Å². The highest BCUT2D eigenvalue weighted by Crippen LogP contribution is 2.27. The Morgan fingerprint density at radius 2 is 2.24 bits per heavy atom. The van der Waals surface area contributed by atoms with Gasteiger partial charge in [0.25, 0.3) is 0 Å². The molecule has 1 aliphatic rings. The molecule has 0 aromatic heterocycles. The summed E-state index contributed by atoms with van der Waals surface area (Å²) < 4.78 is 5.61. The lowest BCUT2D eigenvalue weighted by Gasteiger charge is -2.45. The van der Waals surface area contributed by atoms with E-state index in [1.807, 2.05) is 13.0 Å². The van der Waals surface area contributed by atoms with Crippen molar-refractivity contribution < 1.29 is 4.74 Å². The van der Waals surface area contributed by atoms with E-state index in [9.17, 15) is 0 Å². The second-order valence-electron chi connectivity index (χ2n) is 6.65. The van der Waals surface area contributed by atoms with Gasteiger partial charge in [-0.15, -0.1) is 0 Å². The predicted molar refractivity (Wildman–Crippen MR) is 88.7 cm³/mol. The molecule has 2 atom stereocenters. The zero-order valence-electron chi connectivity index (χ0n) is 13.8. The Balaban J connectivity index is 2.11.